The van der Waals surface area contributed by atoms with Gasteiger partial charge in [0.15, 0.2) is 0 Å². The first-order valence-corrected chi connectivity index (χ1v) is 8.07. The fraction of sp³-hybridized carbons (Fsp3) is 0.941. The number of carbonyl (C=O) groups is 1. The summed E-state index contributed by atoms with van der Waals surface area (Å²) in [5.74, 6) is 0.0827. The van der Waals surface area contributed by atoms with Gasteiger partial charge in [0.05, 0.1) is 12.5 Å². The van der Waals surface area contributed by atoms with Gasteiger partial charge in [0.1, 0.15) is 0 Å². The summed E-state index contributed by atoms with van der Waals surface area (Å²) in [5.41, 5.74) is 0.422. The molecule has 1 aliphatic rings. The molecule has 0 aliphatic heterocycles. The molecule has 118 valence electrons. The van der Waals surface area contributed by atoms with Crippen LogP contribution in [0, 0.1) is 11.3 Å². The highest BCUT2D eigenvalue weighted by molar-refractivity contribution is 5.72. The average Bonchev–Trinajstić information content (AvgIpc) is 2.25. The number of ether oxygens (including phenoxy) is 1. The van der Waals surface area contributed by atoms with E-state index in [4.69, 9.17) is 4.74 Å². The normalized spacial score (nSPS) is 24.5. The lowest BCUT2D eigenvalue weighted by atomic mass is 9.79. The number of carbonyl (C=O) groups excluding carboxylic acids is 1. The molecule has 3 heteroatoms. The fourth-order valence-corrected chi connectivity index (χ4v) is 3.72. The average molecular weight is 283 g/mol. The summed E-state index contributed by atoms with van der Waals surface area (Å²) in [6, 6.07) is 0.440. The number of esters is 1. The summed E-state index contributed by atoms with van der Waals surface area (Å²) in [6.07, 6.45) is 5.32. The third-order valence-corrected chi connectivity index (χ3v) is 3.86. The maximum absolute atomic E-state index is 11.9. The van der Waals surface area contributed by atoms with Crippen LogP contribution in [0.5, 0.6) is 0 Å². The smallest absolute Gasteiger partial charge is 0.308 e. The Morgan fingerprint density at radius 1 is 1.20 bits per heavy atom. The van der Waals surface area contributed by atoms with Gasteiger partial charge in [-0.05, 0) is 51.9 Å². The SMILES string of the molecule is CCOC(=O)C1CCCC(NC(C)(C)CC(C)(C)C)C1. The largest absolute Gasteiger partial charge is 0.466 e. The zero-order chi connectivity index (χ0) is 15.4. The van der Waals surface area contributed by atoms with Crippen LogP contribution in [0.2, 0.25) is 0 Å². The van der Waals surface area contributed by atoms with Gasteiger partial charge in [-0.15, -0.1) is 0 Å². The Morgan fingerprint density at radius 3 is 2.40 bits per heavy atom. The van der Waals surface area contributed by atoms with E-state index in [0.29, 0.717) is 18.1 Å². The molecule has 1 fully saturated rings. The maximum Gasteiger partial charge on any atom is 0.308 e. The Morgan fingerprint density at radius 2 is 1.85 bits per heavy atom. The predicted molar refractivity (Wildman–Crippen MR) is 83.7 cm³/mol. The van der Waals surface area contributed by atoms with Crippen LogP contribution in [0.15, 0.2) is 0 Å². The first-order chi connectivity index (χ1) is 9.13. The van der Waals surface area contributed by atoms with E-state index in [1.165, 1.54) is 6.42 Å². The molecule has 1 N–H and O–H groups in total. The first kappa shape index (κ1) is 17.5. The summed E-state index contributed by atoms with van der Waals surface area (Å²) in [6.45, 7) is 13.7. The van der Waals surface area contributed by atoms with Gasteiger partial charge < -0.3 is 10.1 Å². The molecule has 0 aromatic rings. The molecule has 0 radical (unpaired) electrons. The standard InChI is InChI=1S/C17H33NO2/c1-7-20-15(19)13-9-8-10-14(11-13)18-17(5,6)12-16(2,3)4/h13-14,18H,7-12H2,1-6H3. The van der Waals surface area contributed by atoms with E-state index in [-0.39, 0.29) is 17.4 Å². The van der Waals surface area contributed by atoms with Gasteiger partial charge in [0.2, 0.25) is 0 Å². The minimum Gasteiger partial charge on any atom is -0.466 e. The quantitative estimate of drug-likeness (QED) is 0.777. The van der Waals surface area contributed by atoms with Gasteiger partial charge in [-0.3, -0.25) is 4.79 Å². The van der Waals surface area contributed by atoms with Crippen molar-refractivity contribution in [1.82, 2.24) is 5.32 Å². The molecule has 3 nitrogen and oxygen atoms in total. The number of hydrogen-bond acceptors (Lipinski definition) is 3. The van der Waals surface area contributed by atoms with E-state index in [1.807, 2.05) is 6.92 Å². The highest BCUT2D eigenvalue weighted by Crippen LogP contribution is 2.31. The number of nitrogens with one attached hydrogen (secondary N) is 1. The molecule has 1 aliphatic carbocycles. The summed E-state index contributed by atoms with van der Waals surface area (Å²) in [7, 11) is 0. The molecule has 0 bridgehead atoms. The maximum atomic E-state index is 11.9. The second-order valence-corrected chi connectivity index (χ2v) is 8.08. The molecule has 0 aromatic carbocycles. The molecule has 1 saturated carbocycles. The summed E-state index contributed by atoms with van der Waals surface area (Å²) in [5, 5.41) is 3.77. The summed E-state index contributed by atoms with van der Waals surface area (Å²) < 4.78 is 5.17. The molecule has 0 aromatic heterocycles. The minimum atomic E-state index is -0.00683. The molecule has 1 rings (SSSR count). The van der Waals surface area contributed by atoms with Crippen molar-refractivity contribution in [2.45, 2.75) is 85.2 Å². The molecule has 2 atom stereocenters. The third kappa shape index (κ3) is 6.25. The van der Waals surface area contributed by atoms with Crippen LogP contribution >= 0.6 is 0 Å². The van der Waals surface area contributed by atoms with Crippen molar-refractivity contribution in [2.75, 3.05) is 6.61 Å². The van der Waals surface area contributed by atoms with Crippen molar-refractivity contribution < 1.29 is 9.53 Å². The summed E-state index contributed by atoms with van der Waals surface area (Å²) in [4.78, 5) is 11.9. The molecule has 0 heterocycles. The van der Waals surface area contributed by atoms with Crippen LogP contribution in [0.4, 0.5) is 0 Å². The van der Waals surface area contributed by atoms with Crippen molar-refractivity contribution in [2.24, 2.45) is 11.3 Å². The highest BCUT2D eigenvalue weighted by atomic mass is 16.5. The highest BCUT2D eigenvalue weighted by Gasteiger charge is 2.32. The van der Waals surface area contributed by atoms with Crippen molar-refractivity contribution >= 4 is 5.97 Å². The van der Waals surface area contributed by atoms with E-state index in [0.717, 1.165) is 25.7 Å². The summed E-state index contributed by atoms with van der Waals surface area (Å²) >= 11 is 0. The van der Waals surface area contributed by atoms with Crippen molar-refractivity contribution in [3.8, 4) is 0 Å². The molecule has 2 unspecified atom stereocenters. The lowest BCUT2D eigenvalue weighted by molar-refractivity contribution is -0.149. The lowest BCUT2D eigenvalue weighted by Gasteiger charge is -2.39. The van der Waals surface area contributed by atoms with E-state index in [1.54, 1.807) is 0 Å². The van der Waals surface area contributed by atoms with E-state index in [2.05, 4.69) is 39.9 Å². The number of rotatable bonds is 5. The molecular weight excluding hydrogens is 250 g/mol. The topological polar surface area (TPSA) is 38.3 Å². The van der Waals surface area contributed by atoms with Crippen LogP contribution in [-0.2, 0) is 9.53 Å². The molecule has 20 heavy (non-hydrogen) atoms. The predicted octanol–water partition coefficient (Wildman–Crippen LogP) is 3.91. The van der Waals surface area contributed by atoms with Crippen molar-refractivity contribution in [3.05, 3.63) is 0 Å². The lowest BCUT2D eigenvalue weighted by Crippen LogP contribution is -2.50. The van der Waals surface area contributed by atoms with Crippen LogP contribution < -0.4 is 5.32 Å². The van der Waals surface area contributed by atoms with E-state index >= 15 is 0 Å². The fourth-order valence-electron chi connectivity index (χ4n) is 3.72. The zero-order valence-corrected chi connectivity index (χ0v) is 14.2. The minimum absolute atomic E-state index is 0.00683. The van der Waals surface area contributed by atoms with Gasteiger partial charge in [-0.25, -0.2) is 0 Å². The monoisotopic (exact) mass is 283 g/mol. The van der Waals surface area contributed by atoms with Crippen molar-refractivity contribution in [1.29, 1.82) is 0 Å². The van der Waals surface area contributed by atoms with Crippen LogP contribution in [-0.4, -0.2) is 24.2 Å². The zero-order valence-electron chi connectivity index (χ0n) is 14.2. The molecular formula is C17H33NO2. The second-order valence-electron chi connectivity index (χ2n) is 8.08. The van der Waals surface area contributed by atoms with Gasteiger partial charge in [-0.2, -0.15) is 0 Å². The van der Waals surface area contributed by atoms with Gasteiger partial charge in [-0.1, -0.05) is 27.2 Å². The number of hydrogen-bond donors (Lipinski definition) is 1. The Hall–Kier alpha value is -0.570. The Labute approximate surface area is 124 Å². The second kappa shape index (κ2) is 6.93. The van der Waals surface area contributed by atoms with Gasteiger partial charge in [0, 0.05) is 11.6 Å². The Bertz CT molecular complexity index is 317. The Balaban J connectivity index is 2.53. The molecule has 0 saturated heterocycles. The van der Waals surface area contributed by atoms with E-state index in [9.17, 15) is 4.79 Å². The van der Waals surface area contributed by atoms with Gasteiger partial charge in [0.25, 0.3) is 0 Å². The van der Waals surface area contributed by atoms with Crippen molar-refractivity contribution in [3.63, 3.8) is 0 Å². The molecule has 0 amide bonds. The van der Waals surface area contributed by atoms with Gasteiger partial charge >= 0.3 is 5.97 Å². The first-order valence-electron chi connectivity index (χ1n) is 8.07. The molecule has 0 spiro atoms. The van der Waals surface area contributed by atoms with Crippen LogP contribution in [0.25, 0.3) is 0 Å². The van der Waals surface area contributed by atoms with E-state index < -0.39 is 0 Å². The van der Waals surface area contributed by atoms with Crippen LogP contribution in [0.1, 0.15) is 73.6 Å². The Kier molecular flexibility index (Phi) is 6.06. The van der Waals surface area contributed by atoms with Crippen LogP contribution in [0.3, 0.4) is 0 Å². The third-order valence-electron chi connectivity index (χ3n) is 3.86.